The van der Waals surface area contributed by atoms with Crippen LogP contribution in [0.5, 0.6) is 5.75 Å². The summed E-state index contributed by atoms with van der Waals surface area (Å²) in [5.41, 5.74) is 1.79. The van der Waals surface area contributed by atoms with Crippen molar-refractivity contribution < 1.29 is 24.2 Å². The lowest BCUT2D eigenvalue weighted by molar-refractivity contribution is -0.116. The number of β-amino-alcohol motifs (C(OH)–C–C–N with tert-alkyl or cyclic N) is 1. The van der Waals surface area contributed by atoms with Gasteiger partial charge in [-0.05, 0) is 43.2 Å². The third-order valence-corrected chi connectivity index (χ3v) is 6.24. The van der Waals surface area contributed by atoms with E-state index in [9.17, 15) is 14.7 Å². The number of amides is 2. The average Bonchev–Trinajstić information content (AvgIpc) is 2.79. The summed E-state index contributed by atoms with van der Waals surface area (Å²) in [6, 6.07) is 5.78. The molecule has 0 aliphatic carbocycles. The first-order valence-corrected chi connectivity index (χ1v) is 12.6. The largest absolute Gasteiger partial charge is 0.490 e. The molecule has 1 unspecified atom stereocenters. The lowest BCUT2D eigenvalue weighted by Crippen LogP contribution is -2.50. The van der Waals surface area contributed by atoms with Gasteiger partial charge in [-0.2, -0.15) is 0 Å². The number of nitrogens with one attached hydrogen (secondary N) is 1. The molecule has 1 aromatic carbocycles. The molecule has 1 saturated heterocycles. The SMILES string of the molecule is CC(C)COC(=O)N(CC(C)C)C1CCN(CC(O)COc2cccc3c2CCC(=O)N3)CC1. The Morgan fingerprint density at radius 1 is 1.15 bits per heavy atom. The van der Waals surface area contributed by atoms with Crippen molar-refractivity contribution in [3.05, 3.63) is 23.8 Å². The van der Waals surface area contributed by atoms with Gasteiger partial charge >= 0.3 is 6.09 Å². The van der Waals surface area contributed by atoms with E-state index < -0.39 is 6.10 Å². The number of rotatable bonds is 10. The first-order valence-electron chi connectivity index (χ1n) is 12.6. The van der Waals surface area contributed by atoms with Gasteiger partial charge in [0.15, 0.2) is 0 Å². The highest BCUT2D eigenvalue weighted by Gasteiger charge is 2.30. The van der Waals surface area contributed by atoms with E-state index in [0.29, 0.717) is 44.4 Å². The lowest BCUT2D eigenvalue weighted by Gasteiger charge is -2.39. The minimum atomic E-state index is -0.617. The Morgan fingerprint density at radius 3 is 2.56 bits per heavy atom. The Kier molecular flexibility index (Phi) is 9.59. The Hall–Kier alpha value is -2.32. The van der Waals surface area contributed by atoms with E-state index in [1.807, 2.05) is 36.9 Å². The van der Waals surface area contributed by atoms with Crippen LogP contribution < -0.4 is 10.1 Å². The van der Waals surface area contributed by atoms with Gasteiger partial charge < -0.3 is 29.7 Å². The lowest BCUT2D eigenvalue weighted by atomic mass is 10.0. The number of anilines is 1. The van der Waals surface area contributed by atoms with Gasteiger partial charge in [0.1, 0.15) is 18.5 Å². The van der Waals surface area contributed by atoms with Crippen LogP contribution in [0.4, 0.5) is 10.5 Å². The molecule has 1 fully saturated rings. The van der Waals surface area contributed by atoms with E-state index in [4.69, 9.17) is 9.47 Å². The van der Waals surface area contributed by atoms with Crippen LogP contribution in [-0.4, -0.2) is 78.4 Å². The molecule has 34 heavy (non-hydrogen) atoms. The van der Waals surface area contributed by atoms with Crippen molar-refractivity contribution in [1.82, 2.24) is 9.80 Å². The zero-order chi connectivity index (χ0) is 24.7. The molecular formula is C26H41N3O5. The summed E-state index contributed by atoms with van der Waals surface area (Å²) in [6.07, 6.45) is 1.99. The van der Waals surface area contributed by atoms with Gasteiger partial charge in [-0.25, -0.2) is 4.79 Å². The van der Waals surface area contributed by atoms with Crippen LogP contribution in [-0.2, 0) is 16.0 Å². The minimum absolute atomic E-state index is 0.0215. The van der Waals surface area contributed by atoms with E-state index in [2.05, 4.69) is 24.1 Å². The van der Waals surface area contributed by atoms with Crippen LogP contribution in [0.1, 0.15) is 52.5 Å². The highest BCUT2D eigenvalue weighted by atomic mass is 16.6. The van der Waals surface area contributed by atoms with Crippen molar-refractivity contribution in [3.63, 3.8) is 0 Å². The van der Waals surface area contributed by atoms with E-state index in [1.165, 1.54) is 0 Å². The molecule has 1 aromatic rings. The number of hydrogen-bond donors (Lipinski definition) is 2. The quantitative estimate of drug-likeness (QED) is 0.538. The molecule has 2 aliphatic heterocycles. The number of benzene rings is 1. The van der Waals surface area contributed by atoms with Gasteiger partial charge in [0.05, 0.1) is 6.61 Å². The Labute approximate surface area is 203 Å². The summed E-state index contributed by atoms with van der Waals surface area (Å²) in [5, 5.41) is 13.5. The van der Waals surface area contributed by atoms with E-state index in [1.54, 1.807) is 0 Å². The zero-order valence-corrected chi connectivity index (χ0v) is 21.1. The minimum Gasteiger partial charge on any atom is -0.490 e. The normalized spacial score (nSPS) is 17.9. The number of aliphatic hydroxyl groups is 1. The first-order chi connectivity index (χ1) is 16.2. The predicted octanol–water partition coefficient (Wildman–Crippen LogP) is 3.53. The number of piperidine rings is 1. The molecule has 0 radical (unpaired) electrons. The number of hydrogen-bond acceptors (Lipinski definition) is 6. The Balaban J connectivity index is 1.46. The van der Waals surface area contributed by atoms with Crippen molar-refractivity contribution in [2.45, 2.75) is 65.5 Å². The summed E-state index contributed by atoms with van der Waals surface area (Å²) in [6.45, 7) is 11.8. The number of ether oxygens (including phenoxy) is 2. The fourth-order valence-electron chi connectivity index (χ4n) is 4.56. The molecule has 2 aliphatic rings. The number of carbonyl (C=O) groups is 2. The monoisotopic (exact) mass is 475 g/mol. The van der Waals surface area contributed by atoms with Crippen molar-refractivity contribution >= 4 is 17.7 Å². The summed E-state index contributed by atoms with van der Waals surface area (Å²) >= 11 is 0. The average molecular weight is 476 g/mol. The molecular weight excluding hydrogens is 434 g/mol. The number of fused-ring (bicyclic) bond motifs is 1. The number of likely N-dealkylation sites (tertiary alicyclic amines) is 1. The van der Waals surface area contributed by atoms with Crippen LogP contribution >= 0.6 is 0 Å². The molecule has 0 spiro atoms. The van der Waals surface area contributed by atoms with E-state index >= 15 is 0 Å². The predicted molar refractivity (Wildman–Crippen MR) is 132 cm³/mol. The molecule has 2 amide bonds. The highest BCUT2D eigenvalue weighted by Crippen LogP contribution is 2.31. The van der Waals surface area contributed by atoms with Crippen LogP contribution in [0.15, 0.2) is 18.2 Å². The van der Waals surface area contributed by atoms with Gasteiger partial charge in [0, 0.05) is 49.9 Å². The summed E-state index contributed by atoms with van der Waals surface area (Å²) in [5.74, 6) is 1.43. The second kappa shape index (κ2) is 12.4. The van der Waals surface area contributed by atoms with Crippen molar-refractivity contribution in [3.8, 4) is 5.75 Å². The molecule has 190 valence electrons. The third-order valence-electron chi connectivity index (χ3n) is 6.24. The Morgan fingerprint density at radius 2 is 1.88 bits per heavy atom. The topological polar surface area (TPSA) is 91.3 Å². The summed E-state index contributed by atoms with van der Waals surface area (Å²) < 4.78 is 11.5. The van der Waals surface area contributed by atoms with E-state index in [0.717, 1.165) is 42.9 Å². The summed E-state index contributed by atoms with van der Waals surface area (Å²) in [7, 11) is 0. The van der Waals surface area contributed by atoms with E-state index in [-0.39, 0.29) is 24.6 Å². The van der Waals surface area contributed by atoms with Crippen LogP contribution in [0, 0.1) is 11.8 Å². The number of aliphatic hydroxyl groups excluding tert-OH is 1. The van der Waals surface area contributed by atoms with Gasteiger partial charge in [-0.15, -0.1) is 0 Å². The van der Waals surface area contributed by atoms with Crippen LogP contribution in [0.2, 0.25) is 0 Å². The smallest absolute Gasteiger partial charge is 0.410 e. The van der Waals surface area contributed by atoms with Crippen molar-refractivity contribution in [1.29, 1.82) is 0 Å². The maximum atomic E-state index is 12.7. The second-order valence-electron chi connectivity index (χ2n) is 10.3. The number of nitrogens with zero attached hydrogens (tertiary/aromatic N) is 2. The molecule has 3 rings (SSSR count). The highest BCUT2D eigenvalue weighted by molar-refractivity contribution is 5.94. The second-order valence-corrected chi connectivity index (χ2v) is 10.3. The Bertz CT molecular complexity index is 821. The fraction of sp³-hybridized carbons (Fsp3) is 0.692. The van der Waals surface area contributed by atoms with Gasteiger partial charge in [-0.1, -0.05) is 33.8 Å². The van der Waals surface area contributed by atoms with Gasteiger partial charge in [0.2, 0.25) is 5.91 Å². The number of carbonyl (C=O) groups excluding carboxylic acids is 2. The molecule has 8 nitrogen and oxygen atoms in total. The molecule has 1 atom stereocenters. The van der Waals surface area contributed by atoms with Gasteiger partial charge in [-0.3, -0.25) is 4.79 Å². The third kappa shape index (κ3) is 7.60. The molecule has 0 bridgehead atoms. The zero-order valence-electron chi connectivity index (χ0n) is 21.1. The molecule has 0 saturated carbocycles. The van der Waals surface area contributed by atoms with Crippen molar-refractivity contribution in [2.24, 2.45) is 11.8 Å². The molecule has 2 N–H and O–H groups in total. The fourth-order valence-corrected chi connectivity index (χ4v) is 4.56. The maximum Gasteiger partial charge on any atom is 0.410 e. The van der Waals surface area contributed by atoms with Gasteiger partial charge in [0.25, 0.3) is 0 Å². The van der Waals surface area contributed by atoms with Crippen LogP contribution in [0.25, 0.3) is 0 Å². The molecule has 8 heteroatoms. The summed E-state index contributed by atoms with van der Waals surface area (Å²) in [4.78, 5) is 28.4. The maximum absolute atomic E-state index is 12.7. The first kappa shape index (κ1) is 26.3. The van der Waals surface area contributed by atoms with Crippen LogP contribution in [0.3, 0.4) is 0 Å². The molecule has 0 aromatic heterocycles. The van der Waals surface area contributed by atoms with Crippen molar-refractivity contribution in [2.75, 3.05) is 44.7 Å². The molecule has 2 heterocycles. The standard InChI is InChI=1S/C26H41N3O5/c1-18(2)14-29(26(32)34-16-19(3)4)20-10-12-28(13-11-20)15-21(30)17-33-24-7-5-6-23-22(24)8-9-25(31)27-23/h5-7,18-21,30H,8-17H2,1-4H3,(H,27,31).